The number of hydrogen-bond donors (Lipinski definition) is 1. The summed E-state index contributed by atoms with van der Waals surface area (Å²) in [4.78, 5) is 15.9. The van der Waals surface area contributed by atoms with Gasteiger partial charge in [0.15, 0.2) is 0 Å². The Labute approximate surface area is 119 Å². The molecule has 2 rings (SSSR count). The van der Waals surface area contributed by atoms with Crippen LogP contribution in [0.2, 0.25) is 0 Å². The van der Waals surface area contributed by atoms with E-state index in [1.165, 1.54) is 0 Å². The van der Waals surface area contributed by atoms with E-state index in [0.717, 1.165) is 0 Å². The number of benzene rings is 1. The largest absolute Gasteiger partial charge is 0.392 e. The number of amides is 1. The number of piperazine rings is 1. The zero-order valence-electron chi connectivity index (χ0n) is 11.6. The van der Waals surface area contributed by atoms with Crippen molar-refractivity contribution in [3.8, 4) is 6.07 Å². The summed E-state index contributed by atoms with van der Waals surface area (Å²) in [6, 6.07) is 9.26. The van der Waals surface area contributed by atoms with Crippen LogP contribution in [0.3, 0.4) is 0 Å². The Kier molecular flexibility index (Phi) is 4.72. The number of carbonyl (C=O) groups is 1. The van der Waals surface area contributed by atoms with Gasteiger partial charge in [-0.2, -0.15) is 5.26 Å². The van der Waals surface area contributed by atoms with Crippen molar-refractivity contribution in [1.82, 2.24) is 4.90 Å². The van der Waals surface area contributed by atoms with Crippen LogP contribution in [0.15, 0.2) is 24.3 Å². The molecule has 1 amide bonds. The summed E-state index contributed by atoms with van der Waals surface area (Å²) >= 11 is 0. The minimum atomic E-state index is -0.388. The lowest BCUT2D eigenvalue weighted by atomic mass is 10.1. The van der Waals surface area contributed by atoms with Crippen LogP contribution in [-0.2, 0) is 4.79 Å². The highest BCUT2D eigenvalue weighted by Crippen LogP contribution is 2.21. The van der Waals surface area contributed by atoms with Gasteiger partial charge in [-0.05, 0) is 18.6 Å². The number of hydrogen-bond acceptors (Lipinski definition) is 4. The van der Waals surface area contributed by atoms with E-state index in [1.807, 2.05) is 17.9 Å². The zero-order valence-corrected chi connectivity index (χ0v) is 11.6. The smallest absolute Gasteiger partial charge is 0.241 e. The number of β-amino-alcohol motifs (C(OH)–C–C–N with tert-alkyl or cyclic N) is 1. The molecule has 1 aromatic carbocycles. The average Bonchev–Trinajstić information content (AvgIpc) is 2.47. The first-order valence-corrected chi connectivity index (χ1v) is 6.85. The molecular weight excluding hydrogens is 254 g/mol. The molecule has 0 spiro atoms. The molecule has 1 heterocycles. The summed E-state index contributed by atoms with van der Waals surface area (Å²) in [5, 5.41) is 18.8. The van der Waals surface area contributed by atoms with Crippen LogP contribution in [0.25, 0.3) is 0 Å². The second-order valence-electron chi connectivity index (χ2n) is 4.97. The quantitative estimate of drug-likeness (QED) is 0.888. The molecule has 1 atom stereocenters. The van der Waals surface area contributed by atoms with Crippen molar-refractivity contribution in [2.75, 3.05) is 31.1 Å². The van der Waals surface area contributed by atoms with Crippen molar-refractivity contribution in [1.29, 1.82) is 5.26 Å². The average molecular weight is 273 g/mol. The number of nitrogens with zero attached hydrogens (tertiary/aromatic N) is 3. The zero-order chi connectivity index (χ0) is 14.5. The Morgan fingerprint density at radius 1 is 1.40 bits per heavy atom. The van der Waals surface area contributed by atoms with Gasteiger partial charge in [0.1, 0.15) is 6.07 Å². The Morgan fingerprint density at radius 2 is 2.15 bits per heavy atom. The Hall–Kier alpha value is -1.90. The number of rotatable bonds is 4. The molecule has 0 saturated carbocycles. The highest BCUT2D eigenvalue weighted by atomic mass is 16.3. The second-order valence-corrected chi connectivity index (χ2v) is 4.97. The van der Waals surface area contributed by atoms with E-state index >= 15 is 0 Å². The van der Waals surface area contributed by atoms with E-state index in [1.54, 1.807) is 23.1 Å². The molecule has 0 aromatic heterocycles. The fourth-order valence-corrected chi connectivity index (χ4v) is 2.36. The molecule has 1 aliphatic rings. The van der Waals surface area contributed by atoms with Crippen LogP contribution in [0.1, 0.15) is 18.9 Å². The summed E-state index contributed by atoms with van der Waals surface area (Å²) in [7, 11) is 0. The standard InChI is InChI=1S/C15H19N3O2/c1-2-13(19)10-17-7-8-18(15(20)11-17)14-6-4-3-5-12(14)9-16/h3-6,13,19H,2,7-8,10-11H2,1H3. The van der Waals surface area contributed by atoms with Gasteiger partial charge in [-0.1, -0.05) is 19.1 Å². The molecule has 20 heavy (non-hydrogen) atoms. The number of aliphatic hydroxyl groups excluding tert-OH is 1. The number of aliphatic hydroxyl groups is 1. The molecule has 1 saturated heterocycles. The van der Waals surface area contributed by atoms with Crippen LogP contribution in [0.4, 0.5) is 5.69 Å². The van der Waals surface area contributed by atoms with Crippen LogP contribution < -0.4 is 4.90 Å². The van der Waals surface area contributed by atoms with Gasteiger partial charge in [0.25, 0.3) is 0 Å². The number of anilines is 1. The monoisotopic (exact) mass is 273 g/mol. The van der Waals surface area contributed by atoms with E-state index in [0.29, 0.717) is 37.3 Å². The molecule has 1 N–H and O–H groups in total. The first-order chi connectivity index (χ1) is 9.65. The molecule has 1 aromatic rings. The lowest BCUT2D eigenvalue weighted by molar-refractivity contribution is -0.121. The first kappa shape index (κ1) is 14.5. The Bertz CT molecular complexity index is 524. The first-order valence-electron chi connectivity index (χ1n) is 6.85. The Morgan fingerprint density at radius 3 is 2.80 bits per heavy atom. The van der Waals surface area contributed by atoms with Crippen LogP contribution in [-0.4, -0.2) is 48.2 Å². The van der Waals surface area contributed by atoms with Gasteiger partial charge in [0.05, 0.1) is 23.9 Å². The van der Waals surface area contributed by atoms with Crippen LogP contribution in [0.5, 0.6) is 0 Å². The molecule has 1 fully saturated rings. The number of para-hydroxylation sites is 1. The normalized spacial score (nSPS) is 17.9. The fraction of sp³-hybridized carbons (Fsp3) is 0.467. The summed E-state index contributed by atoms with van der Waals surface area (Å²) < 4.78 is 0. The third-order valence-corrected chi connectivity index (χ3v) is 3.56. The van der Waals surface area contributed by atoms with Crippen molar-refractivity contribution < 1.29 is 9.90 Å². The lowest BCUT2D eigenvalue weighted by Gasteiger charge is -2.35. The maximum atomic E-state index is 12.2. The molecule has 0 aliphatic carbocycles. The van der Waals surface area contributed by atoms with Gasteiger partial charge in [-0.15, -0.1) is 0 Å². The van der Waals surface area contributed by atoms with Crippen molar-refractivity contribution in [3.63, 3.8) is 0 Å². The van der Waals surface area contributed by atoms with Gasteiger partial charge in [0, 0.05) is 19.6 Å². The van der Waals surface area contributed by atoms with Crippen LogP contribution >= 0.6 is 0 Å². The van der Waals surface area contributed by atoms with Crippen LogP contribution in [0, 0.1) is 11.3 Å². The predicted octanol–water partition coefficient (Wildman–Crippen LogP) is 0.978. The number of carbonyl (C=O) groups excluding carboxylic acids is 1. The van der Waals surface area contributed by atoms with Gasteiger partial charge < -0.3 is 10.0 Å². The van der Waals surface area contributed by atoms with E-state index in [9.17, 15) is 9.90 Å². The van der Waals surface area contributed by atoms with Crippen molar-refractivity contribution in [2.24, 2.45) is 0 Å². The maximum absolute atomic E-state index is 12.2. The van der Waals surface area contributed by atoms with E-state index < -0.39 is 0 Å². The fourth-order valence-electron chi connectivity index (χ4n) is 2.36. The topological polar surface area (TPSA) is 67.6 Å². The van der Waals surface area contributed by atoms with Gasteiger partial charge >= 0.3 is 0 Å². The van der Waals surface area contributed by atoms with E-state index in [2.05, 4.69) is 6.07 Å². The van der Waals surface area contributed by atoms with Crippen molar-refractivity contribution in [2.45, 2.75) is 19.4 Å². The van der Waals surface area contributed by atoms with Gasteiger partial charge in [0.2, 0.25) is 5.91 Å². The third kappa shape index (κ3) is 3.16. The second kappa shape index (κ2) is 6.51. The van der Waals surface area contributed by atoms with Crippen molar-refractivity contribution in [3.05, 3.63) is 29.8 Å². The van der Waals surface area contributed by atoms with E-state index in [-0.39, 0.29) is 18.6 Å². The summed E-state index contributed by atoms with van der Waals surface area (Å²) in [5.41, 5.74) is 1.19. The molecule has 5 nitrogen and oxygen atoms in total. The molecule has 0 bridgehead atoms. The summed E-state index contributed by atoms with van der Waals surface area (Å²) in [6.07, 6.45) is 0.298. The van der Waals surface area contributed by atoms with Gasteiger partial charge in [-0.25, -0.2) is 0 Å². The minimum absolute atomic E-state index is 0.0257. The summed E-state index contributed by atoms with van der Waals surface area (Å²) in [6.45, 7) is 4.00. The number of nitriles is 1. The SMILES string of the molecule is CCC(O)CN1CCN(c2ccccc2C#N)C(=O)C1. The lowest BCUT2D eigenvalue weighted by Crippen LogP contribution is -2.52. The van der Waals surface area contributed by atoms with Gasteiger partial charge in [-0.3, -0.25) is 9.69 Å². The molecular formula is C15H19N3O2. The third-order valence-electron chi connectivity index (χ3n) is 3.56. The predicted molar refractivity (Wildman–Crippen MR) is 76.2 cm³/mol. The maximum Gasteiger partial charge on any atom is 0.241 e. The molecule has 1 unspecified atom stereocenters. The van der Waals surface area contributed by atoms with Crippen molar-refractivity contribution >= 4 is 11.6 Å². The van der Waals surface area contributed by atoms with E-state index in [4.69, 9.17) is 5.26 Å². The molecule has 1 aliphatic heterocycles. The highest BCUT2D eigenvalue weighted by molar-refractivity contribution is 5.96. The molecule has 5 heteroatoms. The Balaban J connectivity index is 2.07. The summed E-state index contributed by atoms with van der Waals surface area (Å²) in [5.74, 6) is -0.0257. The highest BCUT2D eigenvalue weighted by Gasteiger charge is 2.27. The molecule has 106 valence electrons. The minimum Gasteiger partial charge on any atom is -0.392 e. The molecule has 0 radical (unpaired) electrons.